The van der Waals surface area contributed by atoms with Crippen LogP contribution in [0.1, 0.15) is 20.8 Å². The standard InChI is InChI=1S/C9H17NO3/c1-6(2)9(12)10-8(5-11)7(3)13-4/h5-8H,1-4H3,(H,10,12)/t7-,8-/m1/s1. The molecule has 0 aromatic carbocycles. The molecule has 4 heteroatoms. The van der Waals surface area contributed by atoms with Gasteiger partial charge in [-0.3, -0.25) is 4.79 Å². The molecule has 0 aliphatic carbocycles. The summed E-state index contributed by atoms with van der Waals surface area (Å²) in [5, 5.41) is 2.58. The summed E-state index contributed by atoms with van der Waals surface area (Å²) in [6, 6.07) is -0.556. The van der Waals surface area contributed by atoms with Gasteiger partial charge < -0.3 is 14.8 Å². The number of amides is 1. The zero-order valence-electron chi connectivity index (χ0n) is 8.53. The molecule has 0 aromatic rings. The van der Waals surface area contributed by atoms with Crippen molar-refractivity contribution in [1.29, 1.82) is 0 Å². The highest BCUT2D eigenvalue weighted by Gasteiger charge is 2.19. The van der Waals surface area contributed by atoms with Gasteiger partial charge in [-0.2, -0.15) is 0 Å². The van der Waals surface area contributed by atoms with E-state index >= 15 is 0 Å². The first-order valence-electron chi connectivity index (χ1n) is 4.31. The highest BCUT2D eigenvalue weighted by Crippen LogP contribution is 1.97. The molecule has 0 unspecified atom stereocenters. The van der Waals surface area contributed by atoms with Crippen molar-refractivity contribution >= 4 is 12.2 Å². The lowest BCUT2D eigenvalue weighted by Gasteiger charge is -2.19. The van der Waals surface area contributed by atoms with Crippen LogP contribution in [0, 0.1) is 5.92 Å². The molecule has 0 aliphatic heterocycles. The van der Waals surface area contributed by atoms with Gasteiger partial charge in [-0.25, -0.2) is 0 Å². The molecule has 13 heavy (non-hydrogen) atoms. The van der Waals surface area contributed by atoms with E-state index in [-0.39, 0.29) is 17.9 Å². The number of rotatable bonds is 5. The van der Waals surface area contributed by atoms with Gasteiger partial charge in [0.2, 0.25) is 5.91 Å². The van der Waals surface area contributed by atoms with Crippen LogP contribution in [0.4, 0.5) is 0 Å². The topological polar surface area (TPSA) is 55.4 Å². The number of hydrogen-bond donors (Lipinski definition) is 1. The monoisotopic (exact) mass is 187 g/mol. The number of nitrogens with one attached hydrogen (secondary N) is 1. The Balaban J connectivity index is 4.12. The third-order valence-electron chi connectivity index (χ3n) is 1.86. The number of carbonyl (C=O) groups excluding carboxylic acids is 2. The summed E-state index contributed by atoms with van der Waals surface area (Å²) in [7, 11) is 1.50. The minimum absolute atomic E-state index is 0.119. The maximum absolute atomic E-state index is 11.2. The third-order valence-corrected chi connectivity index (χ3v) is 1.86. The molecule has 2 atom stereocenters. The molecular weight excluding hydrogens is 170 g/mol. The SMILES string of the molecule is CO[C@H](C)[C@@H](C=O)NC(=O)C(C)C. The Morgan fingerprint density at radius 2 is 1.92 bits per heavy atom. The fourth-order valence-corrected chi connectivity index (χ4v) is 0.740. The quantitative estimate of drug-likeness (QED) is 0.632. The molecule has 0 aliphatic rings. The van der Waals surface area contributed by atoms with Crippen molar-refractivity contribution in [2.24, 2.45) is 5.92 Å². The van der Waals surface area contributed by atoms with Crippen LogP contribution in [0.5, 0.6) is 0 Å². The van der Waals surface area contributed by atoms with Crippen molar-refractivity contribution in [3.05, 3.63) is 0 Å². The van der Waals surface area contributed by atoms with Gasteiger partial charge in [0, 0.05) is 13.0 Å². The zero-order chi connectivity index (χ0) is 10.4. The summed E-state index contributed by atoms with van der Waals surface area (Å²) in [5.74, 6) is -0.257. The lowest BCUT2D eigenvalue weighted by atomic mass is 10.1. The Morgan fingerprint density at radius 3 is 2.23 bits per heavy atom. The molecule has 76 valence electrons. The van der Waals surface area contributed by atoms with Crippen LogP contribution < -0.4 is 5.32 Å². The maximum Gasteiger partial charge on any atom is 0.223 e. The molecular formula is C9H17NO3. The summed E-state index contributed by atoms with van der Waals surface area (Å²) in [5.41, 5.74) is 0. The second-order valence-electron chi connectivity index (χ2n) is 3.27. The predicted octanol–water partition coefficient (Wildman–Crippen LogP) is 0.361. The van der Waals surface area contributed by atoms with E-state index < -0.39 is 6.04 Å². The summed E-state index contributed by atoms with van der Waals surface area (Å²) >= 11 is 0. The summed E-state index contributed by atoms with van der Waals surface area (Å²) in [4.78, 5) is 21.8. The van der Waals surface area contributed by atoms with Gasteiger partial charge in [0.05, 0.1) is 6.10 Å². The van der Waals surface area contributed by atoms with E-state index in [1.807, 2.05) is 0 Å². The molecule has 0 rings (SSSR count). The first-order chi connectivity index (χ1) is 6.02. The average Bonchev–Trinajstić information content (AvgIpc) is 2.12. The molecule has 0 radical (unpaired) electrons. The zero-order valence-corrected chi connectivity index (χ0v) is 8.53. The normalized spacial score (nSPS) is 15.2. The van der Waals surface area contributed by atoms with Gasteiger partial charge in [-0.15, -0.1) is 0 Å². The molecule has 0 saturated carbocycles. The highest BCUT2D eigenvalue weighted by molar-refractivity contribution is 5.81. The highest BCUT2D eigenvalue weighted by atomic mass is 16.5. The first kappa shape index (κ1) is 12.1. The van der Waals surface area contributed by atoms with Gasteiger partial charge in [0.25, 0.3) is 0 Å². The van der Waals surface area contributed by atoms with Crippen LogP contribution in [-0.4, -0.2) is 31.4 Å². The van der Waals surface area contributed by atoms with Gasteiger partial charge in [-0.05, 0) is 6.92 Å². The summed E-state index contributed by atoms with van der Waals surface area (Å²) in [6.45, 7) is 5.28. The van der Waals surface area contributed by atoms with Crippen LogP contribution in [-0.2, 0) is 14.3 Å². The fraction of sp³-hybridized carbons (Fsp3) is 0.778. The average molecular weight is 187 g/mol. The van der Waals surface area contributed by atoms with Crippen molar-refractivity contribution < 1.29 is 14.3 Å². The molecule has 0 spiro atoms. The number of hydrogen-bond acceptors (Lipinski definition) is 3. The number of methoxy groups -OCH3 is 1. The molecule has 4 nitrogen and oxygen atoms in total. The lowest BCUT2D eigenvalue weighted by Crippen LogP contribution is -2.45. The van der Waals surface area contributed by atoms with Crippen molar-refractivity contribution in [3.8, 4) is 0 Å². The van der Waals surface area contributed by atoms with Crippen LogP contribution in [0.15, 0.2) is 0 Å². The van der Waals surface area contributed by atoms with Crippen molar-refractivity contribution in [3.63, 3.8) is 0 Å². The Kier molecular flexibility index (Phi) is 5.30. The van der Waals surface area contributed by atoms with Crippen molar-refractivity contribution in [2.75, 3.05) is 7.11 Å². The van der Waals surface area contributed by atoms with Crippen molar-refractivity contribution in [2.45, 2.75) is 32.9 Å². The van der Waals surface area contributed by atoms with E-state index in [1.165, 1.54) is 7.11 Å². The third kappa shape index (κ3) is 4.03. The minimum atomic E-state index is -0.556. The molecule has 1 amide bonds. The fourth-order valence-electron chi connectivity index (χ4n) is 0.740. The second-order valence-corrected chi connectivity index (χ2v) is 3.27. The van der Waals surface area contributed by atoms with E-state index in [2.05, 4.69) is 5.32 Å². The Morgan fingerprint density at radius 1 is 1.38 bits per heavy atom. The Hall–Kier alpha value is -0.900. The Labute approximate surface area is 78.6 Å². The van der Waals surface area contributed by atoms with Gasteiger partial charge >= 0.3 is 0 Å². The number of aldehydes is 1. The van der Waals surface area contributed by atoms with Crippen LogP contribution in [0.3, 0.4) is 0 Å². The first-order valence-corrected chi connectivity index (χ1v) is 4.31. The van der Waals surface area contributed by atoms with Gasteiger partial charge in [0.1, 0.15) is 12.3 Å². The molecule has 0 fully saturated rings. The lowest BCUT2D eigenvalue weighted by molar-refractivity contribution is -0.128. The largest absolute Gasteiger partial charge is 0.379 e. The van der Waals surface area contributed by atoms with E-state index in [9.17, 15) is 9.59 Å². The summed E-state index contributed by atoms with van der Waals surface area (Å²) < 4.78 is 4.94. The molecule has 0 bridgehead atoms. The number of ether oxygens (including phenoxy) is 1. The number of carbonyl (C=O) groups is 2. The molecule has 0 aromatic heterocycles. The Bertz CT molecular complexity index is 180. The minimum Gasteiger partial charge on any atom is -0.379 e. The predicted molar refractivity (Wildman–Crippen MR) is 49.3 cm³/mol. The van der Waals surface area contributed by atoms with Crippen LogP contribution in [0.2, 0.25) is 0 Å². The van der Waals surface area contributed by atoms with Gasteiger partial charge in [0.15, 0.2) is 0 Å². The van der Waals surface area contributed by atoms with Crippen LogP contribution in [0.25, 0.3) is 0 Å². The molecule has 0 saturated heterocycles. The van der Waals surface area contributed by atoms with E-state index in [1.54, 1.807) is 20.8 Å². The van der Waals surface area contributed by atoms with E-state index in [4.69, 9.17) is 4.74 Å². The molecule has 1 N–H and O–H groups in total. The van der Waals surface area contributed by atoms with Gasteiger partial charge in [-0.1, -0.05) is 13.8 Å². The van der Waals surface area contributed by atoms with E-state index in [0.717, 1.165) is 0 Å². The molecule has 0 heterocycles. The maximum atomic E-state index is 11.2. The van der Waals surface area contributed by atoms with Crippen LogP contribution >= 0.6 is 0 Å². The smallest absolute Gasteiger partial charge is 0.223 e. The van der Waals surface area contributed by atoms with Crippen molar-refractivity contribution in [1.82, 2.24) is 5.32 Å². The second kappa shape index (κ2) is 5.70. The van der Waals surface area contributed by atoms with E-state index in [0.29, 0.717) is 6.29 Å². The summed E-state index contributed by atoms with van der Waals surface area (Å²) in [6.07, 6.45) is 0.397.